The van der Waals surface area contributed by atoms with Gasteiger partial charge in [-0.3, -0.25) is 9.69 Å². The largest absolute Gasteiger partial charge is 0.481 e. The number of piperazine rings is 1. The summed E-state index contributed by atoms with van der Waals surface area (Å²) >= 11 is 1.73. The van der Waals surface area contributed by atoms with Gasteiger partial charge in [0.2, 0.25) is 0 Å². The van der Waals surface area contributed by atoms with Crippen molar-refractivity contribution < 1.29 is 9.53 Å². The Morgan fingerprint density at radius 1 is 1.17 bits per heavy atom. The summed E-state index contributed by atoms with van der Waals surface area (Å²) in [6.45, 7) is 5.61. The molecule has 1 aromatic heterocycles. The minimum atomic E-state index is -0.557. The van der Waals surface area contributed by atoms with Crippen molar-refractivity contribution >= 4 is 27.5 Å². The molecular formula is C22H22N4O2S. The van der Waals surface area contributed by atoms with Gasteiger partial charge in [0.25, 0.3) is 5.91 Å². The number of carbonyl (C=O) groups is 1. The van der Waals surface area contributed by atoms with Crippen molar-refractivity contribution in [2.45, 2.75) is 19.6 Å². The second kappa shape index (κ2) is 8.60. The van der Waals surface area contributed by atoms with Crippen molar-refractivity contribution in [2.75, 3.05) is 26.2 Å². The smallest absolute Gasteiger partial charge is 0.263 e. The molecule has 0 bridgehead atoms. The van der Waals surface area contributed by atoms with Crippen LogP contribution in [0.5, 0.6) is 5.75 Å². The van der Waals surface area contributed by atoms with Gasteiger partial charge in [0.15, 0.2) is 6.10 Å². The zero-order chi connectivity index (χ0) is 20.2. The fourth-order valence-electron chi connectivity index (χ4n) is 3.42. The fourth-order valence-corrected chi connectivity index (χ4v) is 4.43. The number of amides is 1. The first-order valence-corrected chi connectivity index (χ1v) is 10.5. The highest BCUT2D eigenvalue weighted by Gasteiger charge is 2.26. The van der Waals surface area contributed by atoms with Gasteiger partial charge in [-0.2, -0.15) is 5.26 Å². The molecule has 1 atom stereocenters. The minimum Gasteiger partial charge on any atom is -0.481 e. The Morgan fingerprint density at radius 2 is 1.90 bits per heavy atom. The number of ether oxygens (including phenoxy) is 1. The number of hydrogen-bond donors (Lipinski definition) is 0. The van der Waals surface area contributed by atoms with E-state index in [-0.39, 0.29) is 5.91 Å². The summed E-state index contributed by atoms with van der Waals surface area (Å²) in [5.74, 6) is 0.591. The van der Waals surface area contributed by atoms with Crippen LogP contribution in [0.3, 0.4) is 0 Å². The molecule has 2 aromatic carbocycles. The predicted molar refractivity (Wildman–Crippen MR) is 113 cm³/mol. The van der Waals surface area contributed by atoms with E-state index in [2.05, 4.69) is 17.0 Å². The van der Waals surface area contributed by atoms with E-state index in [0.717, 1.165) is 30.2 Å². The van der Waals surface area contributed by atoms with Crippen LogP contribution in [0.2, 0.25) is 0 Å². The van der Waals surface area contributed by atoms with Crippen LogP contribution in [0.4, 0.5) is 0 Å². The summed E-state index contributed by atoms with van der Waals surface area (Å²) in [6, 6.07) is 17.1. The second-order valence-electron chi connectivity index (χ2n) is 7.07. The van der Waals surface area contributed by atoms with Crippen molar-refractivity contribution in [1.29, 1.82) is 5.26 Å². The second-order valence-corrected chi connectivity index (χ2v) is 8.19. The Balaban J connectivity index is 1.28. The summed E-state index contributed by atoms with van der Waals surface area (Å²) in [6.07, 6.45) is -0.557. The lowest BCUT2D eigenvalue weighted by Crippen LogP contribution is -2.51. The number of nitrogens with zero attached hydrogens (tertiary/aromatic N) is 4. The van der Waals surface area contributed by atoms with Crippen molar-refractivity contribution in [3.63, 3.8) is 0 Å². The number of rotatable bonds is 5. The molecule has 3 aromatic rings. The van der Waals surface area contributed by atoms with E-state index in [1.165, 1.54) is 4.70 Å². The molecular weight excluding hydrogens is 384 g/mol. The van der Waals surface area contributed by atoms with Gasteiger partial charge >= 0.3 is 0 Å². The van der Waals surface area contributed by atoms with Gasteiger partial charge in [-0.25, -0.2) is 4.98 Å². The number of thiazole rings is 1. The van der Waals surface area contributed by atoms with E-state index in [1.807, 2.05) is 23.1 Å². The molecule has 1 aliphatic rings. The van der Waals surface area contributed by atoms with Crippen LogP contribution in [0.25, 0.3) is 10.2 Å². The van der Waals surface area contributed by atoms with Gasteiger partial charge in [-0.15, -0.1) is 11.3 Å². The number of hydrogen-bond acceptors (Lipinski definition) is 6. The maximum Gasteiger partial charge on any atom is 0.263 e. The van der Waals surface area contributed by atoms with Crippen LogP contribution in [0, 0.1) is 11.3 Å². The molecule has 0 N–H and O–H groups in total. The van der Waals surface area contributed by atoms with Gasteiger partial charge in [0.1, 0.15) is 10.8 Å². The third kappa shape index (κ3) is 4.56. The average Bonchev–Trinajstić information content (AvgIpc) is 3.16. The number of nitriles is 1. The first-order chi connectivity index (χ1) is 14.1. The number of aromatic nitrogens is 1. The SMILES string of the molecule is C[C@@H](Oc1ccc(C#N)cc1)C(=O)N1CCN(Cc2nc3ccccc3s2)CC1. The van der Waals surface area contributed by atoms with Gasteiger partial charge in [-0.1, -0.05) is 12.1 Å². The van der Waals surface area contributed by atoms with Crippen LogP contribution in [0.15, 0.2) is 48.5 Å². The Kier molecular flexibility index (Phi) is 5.74. The number of benzene rings is 2. The van der Waals surface area contributed by atoms with Crippen molar-refractivity contribution in [3.05, 3.63) is 59.1 Å². The molecule has 1 aliphatic heterocycles. The molecule has 0 aliphatic carbocycles. The quantitative estimate of drug-likeness (QED) is 0.650. The Bertz CT molecular complexity index is 1000. The molecule has 0 unspecified atom stereocenters. The summed E-state index contributed by atoms with van der Waals surface area (Å²) in [5.41, 5.74) is 1.62. The maximum atomic E-state index is 12.7. The van der Waals surface area contributed by atoms with E-state index in [9.17, 15) is 4.79 Å². The predicted octanol–water partition coefficient (Wildman–Crippen LogP) is 3.28. The van der Waals surface area contributed by atoms with Gasteiger partial charge in [0, 0.05) is 26.2 Å². The van der Waals surface area contributed by atoms with E-state index >= 15 is 0 Å². The Morgan fingerprint density at radius 3 is 2.59 bits per heavy atom. The third-order valence-corrected chi connectivity index (χ3v) is 6.05. The monoisotopic (exact) mass is 406 g/mol. The fraction of sp³-hybridized carbons (Fsp3) is 0.318. The number of fused-ring (bicyclic) bond motifs is 1. The first kappa shape index (κ1) is 19.4. The molecule has 0 spiro atoms. The summed E-state index contributed by atoms with van der Waals surface area (Å²) < 4.78 is 6.98. The molecule has 7 heteroatoms. The molecule has 148 valence electrons. The molecule has 6 nitrogen and oxygen atoms in total. The molecule has 1 amide bonds. The lowest BCUT2D eigenvalue weighted by atomic mass is 10.2. The van der Waals surface area contributed by atoms with Gasteiger partial charge in [0.05, 0.1) is 28.4 Å². The van der Waals surface area contributed by atoms with Crippen molar-refractivity contribution in [1.82, 2.24) is 14.8 Å². The highest BCUT2D eigenvalue weighted by Crippen LogP contribution is 2.23. The van der Waals surface area contributed by atoms with Gasteiger partial charge < -0.3 is 9.64 Å². The van der Waals surface area contributed by atoms with Crippen molar-refractivity contribution in [2.24, 2.45) is 0 Å². The Labute approximate surface area is 173 Å². The molecule has 0 radical (unpaired) electrons. The molecule has 29 heavy (non-hydrogen) atoms. The zero-order valence-electron chi connectivity index (χ0n) is 16.2. The third-order valence-electron chi connectivity index (χ3n) is 5.03. The zero-order valence-corrected chi connectivity index (χ0v) is 17.1. The van der Waals surface area contributed by atoms with Crippen molar-refractivity contribution in [3.8, 4) is 11.8 Å². The van der Waals surface area contributed by atoms with E-state index in [4.69, 9.17) is 15.0 Å². The number of para-hydroxylation sites is 1. The molecule has 1 fully saturated rings. The van der Waals surface area contributed by atoms with E-state index in [0.29, 0.717) is 24.4 Å². The lowest BCUT2D eigenvalue weighted by molar-refractivity contribution is -0.139. The molecule has 0 saturated carbocycles. The normalized spacial score (nSPS) is 15.8. The van der Waals surface area contributed by atoms with Crippen LogP contribution < -0.4 is 4.74 Å². The van der Waals surface area contributed by atoms with Crippen LogP contribution in [-0.4, -0.2) is 53.0 Å². The van der Waals surface area contributed by atoms with E-state index in [1.54, 1.807) is 42.5 Å². The molecule has 1 saturated heterocycles. The Hall–Kier alpha value is -2.95. The standard InChI is InChI=1S/C22H22N4O2S/c1-16(28-18-8-6-17(14-23)7-9-18)22(27)26-12-10-25(11-13-26)15-21-24-19-4-2-3-5-20(19)29-21/h2-9,16H,10-13,15H2,1H3/t16-/m1/s1. The maximum absolute atomic E-state index is 12.7. The topological polar surface area (TPSA) is 69.5 Å². The first-order valence-electron chi connectivity index (χ1n) is 9.65. The van der Waals surface area contributed by atoms with E-state index < -0.39 is 6.10 Å². The van der Waals surface area contributed by atoms with Gasteiger partial charge in [-0.05, 0) is 43.3 Å². The molecule has 2 heterocycles. The number of carbonyl (C=O) groups excluding carboxylic acids is 1. The van der Waals surface area contributed by atoms with Crippen LogP contribution >= 0.6 is 11.3 Å². The highest BCUT2D eigenvalue weighted by molar-refractivity contribution is 7.18. The summed E-state index contributed by atoms with van der Waals surface area (Å²) in [7, 11) is 0. The highest BCUT2D eigenvalue weighted by atomic mass is 32.1. The lowest BCUT2D eigenvalue weighted by Gasteiger charge is -2.35. The van der Waals surface area contributed by atoms with Crippen LogP contribution in [-0.2, 0) is 11.3 Å². The molecule has 4 rings (SSSR count). The van der Waals surface area contributed by atoms with Crippen LogP contribution in [0.1, 0.15) is 17.5 Å². The summed E-state index contributed by atoms with van der Waals surface area (Å²) in [5, 5.41) is 9.98. The summed E-state index contributed by atoms with van der Waals surface area (Å²) in [4.78, 5) is 21.6. The average molecular weight is 407 g/mol. The minimum absolute atomic E-state index is 0.00556.